The van der Waals surface area contributed by atoms with Gasteiger partial charge in [-0.3, -0.25) is 9.59 Å². The molecule has 1 unspecified atom stereocenters. The monoisotopic (exact) mass is 405 g/mol. The maximum Gasteiger partial charge on any atom is 0.326 e. The summed E-state index contributed by atoms with van der Waals surface area (Å²) in [6, 6.07) is -1.33. The van der Waals surface area contributed by atoms with E-state index in [1.807, 2.05) is 13.8 Å². The number of carbonyl (C=O) groups is 3. The molecule has 0 heterocycles. The van der Waals surface area contributed by atoms with Crippen molar-refractivity contribution in [3.63, 3.8) is 0 Å². The molecule has 5 N–H and O–H groups in total. The van der Waals surface area contributed by atoms with E-state index in [0.29, 0.717) is 25.3 Å². The van der Waals surface area contributed by atoms with Crippen molar-refractivity contribution < 1.29 is 19.5 Å². The van der Waals surface area contributed by atoms with Crippen molar-refractivity contribution in [2.24, 2.45) is 29.4 Å². The third-order valence-corrected chi connectivity index (χ3v) is 5.57. The van der Waals surface area contributed by atoms with Crippen LogP contribution >= 0.6 is 12.4 Å². The second-order valence-electron chi connectivity index (χ2n) is 7.94. The summed E-state index contributed by atoms with van der Waals surface area (Å²) < 4.78 is 0. The normalized spacial score (nSPS) is 22.9. The van der Waals surface area contributed by atoms with Crippen LogP contribution in [0.15, 0.2) is 0 Å². The van der Waals surface area contributed by atoms with Crippen molar-refractivity contribution in [3.05, 3.63) is 0 Å². The molecular formula is C19H36ClN3O4. The lowest BCUT2D eigenvalue weighted by Gasteiger charge is -2.29. The van der Waals surface area contributed by atoms with Gasteiger partial charge in [-0.15, -0.1) is 12.4 Å². The van der Waals surface area contributed by atoms with Gasteiger partial charge in [-0.2, -0.15) is 0 Å². The second-order valence-corrected chi connectivity index (χ2v) is 7.94. The summed E-state index contributed by atoms with van der Waals surface area (Å²) in [4.78, 5) is 35.6. The molecule has 0 aromatic rings. The first kappa shape index (κ1) is 25.7. The largest absolute Gasteiger partial charge is 0.480 e. The first-order valence-corrected chi connectivity index (χ1v) is 9.73. The van der Waals surface area contributed by atoms with E-state index in [4.69, 9.17) is 5.73 Å². The highest BCUT2D eigenvalue weighted by Crippen LogP contribution is 2.28. The van der Waals surface area contributed by atoms with Crippen LogP contribution < -0.4 is 16.4 Å². The zero-order chi connectivity index (χ0) is 19.9. The van der Waals surface area contributed by atoms with Crippen molar-refractivity contribution in [2.45, 2.75) is 71.9 Å². The fourth-order valence-electron chi connectivity index (χ4n) is 3.29. The molecular weight excluding hydrogens is 370 g/mol. The van der Waals surface area contributed by atoms with E-state index in [1.165, 1.54) is 0 Å². The van der Waals surface area contributed by atoms with Gasteiger partial charge in [0.2, 0.25) is 11.8 Å². The molecule has 1 aliphatic rings. The number of nitrogens with two attached hydrogens (primary N) is 1. The molecule has 27 heavy (non-hydrogen) atoms. The molecule has 1 saturated carbocycles. The third kappa shape index (κ3) is 8.05. The standard InChI is InChI=1S/C19H35N3O4.ClH/c1-5-12(4)15(20)18(24)21-10-13-6-8-14(9-7-13)17(23)22-16(11(2)3)19(25)26;/h11-16H,5-10,20H2,1-4H3,(H,21,24)(H,22,23)(H,25,26);1H/t12?,13?,14?,15-,16-;/m0./s1. The number of nitrogens with one attached hydrogen (secondary N) is 2. The van der Waals surface area contributed by atoms with E-state index in [0.717, 1.165) is 19.3 Å². The first-order valence-electron chi connectivity index (χ1n) is 9.73. The number of carbonyl (C=O) groups excluding carboxylic acids is 2. The van der Waals surface area contributed by atoms with E-state index in [9.17, 15) is 19.5 Å². The number of hydrogen-bond acceptors (Lipinski definition) is 4. The van der Waals surface area contributed by atoms with Gasteiger partial charge in [0.1, 0.15) is 6.04 Å². The number of carboxylic acids is 1. The van der Waals surface area contributed by atoms with Gasteiger partial charge in [0.05, 0.1) is 6.04 Å². The van der Waals surface area contributed by atoms with Crippen molar-refractivity contribution in [3.8, 4) is 0 Å². The van der Waals surface area contributed by atoms with Gasteiger partial charge in [-0.05, 0) is 43.4 Å². The van der Waals surface area contributed by atoms with Gasteiger partial charge >= 0.3 is 5.97 Å². The van der Waals surface area contributed by atoms with Crippen LogP contribution in [0.5, 0.6) is 0 Å². The zero-order valence-electron chi connectivity index (χ0n) is 16.9. The number of carboxylic acid groups (broad SMARTS) is 1. The van der Waals surface area contributed by atoms with Crippen LogP contribution in [0, 0.1) is 23.7 Å². The topological polar surface area (TPSA) is 122 Å². The lowest BCUT2D eigenvalue weighted by molar-refractivity contribution is -0.144. The third-order valence-electron chi connectivity index (χ3n) is 5.57. The number of hydrogen-bond donors (Lipinski definition) is 4. The van der Waals surface area contributed by atoms with Gasteiger partial charge in [-0.25, -0.2) is 4.79 Å². The number of halogens is 1. The average molecular weight is 406 g/mol. The molecule has 0 bridgehead atoms. The number of amides is 2. The molecule has 0 aliphatic heterocycles. The molecule has 1 aliphatic carbocycles. The lowest BCUT2D eigenvalue weighted by Crippen LogP contribution is -2.48. The van der Waals surface area contributed by atoms with E-state index in [-0.39, 0.29) is 42.0 Å². The molecule has 0 aromatic carbocycles. The van der Waals surface area contributed by atoms with Crippen LogP contribution in [0.2, 0.25) is 0 Å². The minimum Gasteiger partial charge on any atom is -0.480 e. The SMILES string of the molecule is CCC(C)[C@H](N)C(=O)NCC1CCC(C(=O)N[C@H](C(=O)O)C(C)C)CC1.Cl. The van der Waals surface area contributed by atoms with Crippen LogP contribution in [0.3, 0.4) is 0 Å². The Balaban J connectivity index is 0.00000676. The summed E-state index contributed by atoms with van der Waals surface area (Å²) in [6.45, 7) is 8.13. The molecule has 0 aromatic heterocycles. The average Bonchev–Trinajstić information content (AvgIpc) is 2.62. The van der Waals surface area contributed by atoms with Gasteiger partial charge in [0.15, 0.2) is 0 Å². The minimum absolute atomic E-state index is 0. The van der Waals surface area contributed by atoms with E-state index < -0.39 is 18.1 Å². The fraction of sp³-hybridized carbons (Fsp3) is 0.842. The Kier molecular flexibility index (Phi) is 11.6. The molecule has 0 saturated heterocycles. The van der Waals surface area contributed by atoms with Gasteiger partial charge in [-0.1, -0.05) is 34.1 Å². The zero-order valence-corrected chi connectivity index (χ0v) is 17.7. The number of aliphatic carboxylic acids is 1. The van der Waals surface area contributed by atoms with Crippen molar-refractivity contribution >= 4 is 30.2 Å². The molecule has 7 nitrogen and oxygen atoms in total. The highest BCUT2D eigenvalue weighted by atomic mass is 35.5. The van der Waals surface area contributed by atoms with Crippen LogP contribution in [0.25, 0.3) is 0 Å². The maximum absolute atomic E-state index is 12.3. The fourth-order valence-corrected chi connectivity index (χ4v) is 3.29. The summed E-state index contributed by atoms with van der Waals surface area (Å²) in [6.07, 6.45) is 3.98. The smallest absolute Gasteiger partial charge is 0.326 e. The molecule has 3 atom stereocenters. The summed E-state index contributed by atoms with van der Waals surface area (Å²) >= 11 is 0. The van der Waals surface area contributed by atoms with Gasteiger partial charge in [0.25, 0.3) is 0 Å². The summed E-state index contributed by atoms with van der Waals surface area (Å²) in [5.41, 5.74) is 5.93. The van der Waals surface area contributed by atoms with E-state index in [1.54, 1.807) is 13.8 Å². The van der Waals surface area contributed by atoms with Crippen molar-refractivity contribution in [1.29, 1.82) is 0 Å². The van der Waals surface area contributed by atoms with Crippen LogP contribution in [0.4, 0.5) is 0 Å². The van der Waals surface area contributed by atoms with E-state index >= 15 is 0 Å². The van der Waals surface area contributed by atoms with Gasteiger partial charge < -0.3 is 21.5 Å². The summed E-state index contributed by atoms with van der Waals surface area (Å²) in [7, 11) is 0. The van der Waals surface area contributed by atoms with Crippen LogP contribution in [0.1, 0.15) is 59.8 Å². The molecule has 8 heteroatoms. The van der Waals surface area contributed by atoms with Crippen LogP contribution in [-0.2, 0) is 14.4 Å². The predicted octanol–water partition coefficient (Wildman–Crippen LogP) is 1.93. The Labute approximate surface area is 168 Å². The summed E-state index contributed by atoms with van der Waals surface area (Å²) in [5.74, 6) is -1.09. The molecule has 1 fully saturated rings. The Morgan fingerprint density at radius 1 is 1.11 bits per heavy atom. The molecule has 2 amide bonds. The predicted molar refractivity (Wildman–Crippen MR) is 108 cm³/mol. The summed E-state index contributed by atoms with van der Waals surface area (Å²) in [5, 5.41) is 14.8. The Hall–Kier alpha value is -1.34. The highest BCUT2D eigenvalue weighted by molar-refractivity contribution is 5.85. The van der Waals surface area contributed by atoms with Gasteiger partial charge in [0, 0.05) is 12.5 Å². The lowest BCUT2D eigenvalue weighted by atomic mass is 9.81. The Morgan fingerprint density at radius 2 is 1.67 bits per heavy atom. The Morgan fingerprint density at radius 3 is 2.11 bits per heavy atom. The molecule has 158 valence electrons. The molecule has 0 spiro atoms. The maximum atomic E-state index is 12.3. The quantitative estimate of drug-likeness (QED) is 0.467. The van der Waals surface area contributed by atoms with Crippen molar-refractivity contribution in [1.82, 2.24) is 10.6 Å². The highest BCUT2D eigenvalue weighted by Gasteiger charge is 2.31. The molecule has 0 radical (unpaired) electrons. The Bertz CT molecular complexity index is 493. The molecule has 1 rings (SSSR count). The number of rotatable bonds is 9. The second kappa shape index (κ2) is 12.2. The van der Waals surface area contributed by atoms with Crippen molar-refractivity contribution in [2.75, 3.05) is 6.54 Å². The van der Waals surface area contributed by atoms with Crippen LogP contribution in [-0.4, -0.2) is 41.5 Å². The first-order chi connectivity index (χ1) is 12.2. The minimum atomic E-state index is -0.998. The van der Waals surface area contributed by atoms with E-state index in [2.05, 4.69) is 10.6 Å².